The highest BCUT2D eigenvalue weighted by Crippen LogP contribution is 2.59. The average Bonchev–Trinajstić information content (AvgIpc) is 3.75. The number of hydrogen-bond acceptors (Lipinski definition) is 6. The molecule has 0 unspecified atom stereocenters. The molecule has 0 fully saturated rings. The summed E-state index contributed by atoms with van der Waals surface area (Å²) in [7, 11) is 0. The molecule has 0 amide bonds. The lowest BCUT2D eigenvalue weighted by Gasteiger charge is -2.34. The highest BCUT2D eigenvalue weighted by atomic mass is 16.5. The molecule has 2 aromatic heterocycles. The second kappa shape index (κ2) is 12.8. The van der Waals surface area contributed by atoms with Crippen LogP contribution in [0, 0.1) is 0 Å². The van der Waals surface area contributed by atoms with E-state index >= 15 is 0 Å². The predicted molar refractivity (Wildman–Crippen MR) is 239 cm³/mol. The van der Waals surface area contributed by atoms with Crippen LogP contribution in [-0.4, -0.2) is 44.0 Å². The summed E-state index contributed by atoms with van der Waals surface area (Å²) in [5.74, 6) is 1.15. The van der Waals surface area contributed by atoms with Gasteiger partial charge in [0.1, 0.15) is 22.6 Å². The van der Waals surface area contributed by atoms with Crippen molar-refractivity contribution in [2.24, 2.45) is 9.98 Å². The Hall–Kier alpha value is -6.40. The third kappa shape index (κ3) is 5.52. The summed E-state index contributed by atoms with van der Waals surface area (Å²) < 4.78 is 12.9. The first-order valence-electron chi connectivity index (χ1n) is 20.6. The van der Waals surface area contributed by atoms with Crippen molar-refractivity contribution in [3.8, 4) is 33.6 Å². The average molecular weight is 773 g/mol. The molecule has 3 aliphatic rings. The first-order valence-corrected chi connectivity index (χ1v) is 20.6. The predicted octanol–water partition coefficient (Wildman–Crippen LogP) is 12.0. The molecule has 0 spiro atoms. The number of rotatable bonds is 6. The third-order valence-corrected chi connectivity index (χ3v) is 13.5. The molecule has 5 aromatic carbocycles. The molecule has 6 heteroatoms. The molecular formula is C53H48N4O2. The number of hydrogen-bond donors (Lipinski definition) is 0. The first-order chi connectivity index (χ1) is 28.2. The summed E-state index contributed by atoms with van der Waals surface area (Å²) in [5, 5.41) is 2.31. The summed E-state index contributed by atoms with van der Waals surface area (Å²) in [4.78, 5) is 20.5. The van der Waals surface area contributed by atoms with Gasteiger partial charge in [0.25, 0.3) is 0 Å². The zero-order valence-corrected chi connectivity index (χ0v) is 35.0. The summed E-state index contributed by atoms with van der Waals surface area (Å²) in [6.45, 7) is 16.8. The molecule has 0 saturated heterocycles. The van der Waals surface area contributed by atoms with E-state index in [0.29, 0.717) is 11.8 Å². The third-order valence-electron chi connectivity index (χ3n) is 13.5. The van der Waals surface area contributed by atoms with Crippen LogP contribution in [0.15, 0.2) is 156 Å². The molecule has 10 rings (SSSR count). The molecule has 4 heterocycles. The molecule has 0 N–H and O–H groups in total. The smallest absolute Gasteiger partial charge is 0.236 e. The molecule has 0 saturated carbocycles. The Morgan fingerprint density at radius 2 is 0.898 bits per heavy atom. The lowest BCUT2D eigenvalue weighted by molar-refractivity contribution is 0.0616. The largest absolute Gasteiger partial charge is 0.468 e. The van der Waals surface area contributed by atoms with Crippen molar-refractivity contribution in [2.45, 2.75) is 83.1 Å². The number of fused-ring (bicyclic) bond motifs is 5. The highest BCUT2D eigenvalue weighted by Gasteiger charge is 2.49. The fraction of sp³-hybridized carbons (Fsp3) is 0.245. The lowest BCUT2D eigenvalue weighted by atomic mass is 9.67. The van der Waals surface area contributed by atoms with E-state index in [2.05, 4.69) is 189 Å². The molecule has 6 nitrogen and oxygen atoms in total. The molecule has 0 bridgehead atoms. The molecule has 292 valence electrons. The quantitative estimate of drug-likeness (QED) is 0.169. The van der Waals surface area contributed by atoms with Crippen molar-refractivity contribution in [2.75, 3.05) is 0 Å². The number of ether oxygens (including phenoxy) is 2. The van der Waals surface area contributed by atoms with E-state index in [0.717, 1.165) is 39.3 Å². The maximum absolute atomic E-state index is 6.46. The zero-order valence-electron chi connectivity index (χ0n) is 35.0. The summed E-state index contributed by atoms with van der Waals surface area (Å²) >= 11 is 0. The van der Waals surface area contributed by atoms with Crippen LogP contribution in [-0.2, 0) is 14.9 Å². The van der Waals surface area contributed by atoms with Gasteiger partial charge >= 0.3 is 0 Å². The summed E-state index contributed by atoms with van der Waals surface area (Å²) in [5.41, 5.74) is 10.1. The second-order valence-electron chi connectivity index (χ2n) is 18.1. The van der Waals surface area contributed by atoms with Gasteiger partial charge in [-0.2, -0.15) is 0 Å². The van der Waals surface area contributed by atoms with Gasteiger partial charge in [0, 0.05) is 11.1 Å². The van der Waals surface area contributed by atoms with E-state index in [4.69, 9.17) is 29.4 Å². The number of aliphatic imine (C=N–C) groups is 2. The molecule has 1 aliphatic carbocycles. The van der Waals surface area contributed by atoms with Gasteiger partial charge in [0.05, 0.1) is 27.9 Å². The summed E-state index contributed by atoms with van der Waals surface area (Å²) in [6, 6.07) is 52.2. The van der Waals surface area contributed by atoms with Crippen LogP contribution in [0.2, 0.25) is 0 Å². The van der Waals surface area contributed by atoms with E-state index < -0.39 is 16.6 Å². The minimum atomic E-state index is -0.670. The maximum atomic E-state index is 6.46. The van der Waals surface area contributed by atoms with Crippen LogP contribution in [0.4, 0.5) is 0 Å². The van der Waals surface area contributed by atoms with E-state index in [9.17, 15) is 0 Å². The fourth-order valence-corrected chi connectivity index (χ4v) is 8.91. The Labute approximate surface area is 346 Å². The van der Waals surface area contributed by atoms with Crippen molar-refractivity contribution in [1.29, 1.82) is 0 Å². The van der Waals surface area contributed by atoms with Gasteiger partial charge < -0.3 is 9.47 Å². The van der Waals surface area contributed by atoms with Crippen molar-refractivity contribution in [3.63, 3.8) is 0 Å². The lowest BCUT2D eigenvalue weighted by Crippen LogP contribution is -2.41. The number of benzene rings is 5. The van der Waals surface area contributed by atoms with Crippen molar-refractivity contribution in [3.05, 3.63) is 179 Å². The van der Waals surface area contributed by atoms with Crippen molar-refractivity contribution in [1.82, 2.24) is 9.97 Å². The first kappa shape index (κ1) is 36.9. The van der Waals surface area contributed by atoms with Crippen molar-refractivity contribution >= 4 is 22.6 Å². The maximum Gasteiger partial charge on any atom is 0.236 e. The SMILES string of the molecule is CC1(C)N=C(c2cccc(-c3ccc4c(c3)C(c3ccccc3)(c3ccccc3)c3cc(-c5cccc(C6=NC(C)(C)C(C)(C)O6)n5)c5ccccc5c3-4)n2)OC1(C)C. The van der Waals surface area contributed by atoms with Gasteiger partial charge in [-0.1, -0.05) is 109 Å². The van der Waals surface area contributed by atoms with Crippen LogP contribution < -0.4 is 0 Å². The Kier molecular flexibility index (Phi) is 8.01. The molecule has 2 aliphatic heterocycles. The molecule has 59 heavy (non-hydrogen) atoms. The fourth-order valence-electron chi connectivity index (χ4n) is 8.91. The van der Waals surface area contributed by atoms with Gasteiger partial charge in [0.15, 0.2) is 0 Å². The van der Waals surface area contributed by atoms with Crippen LogP contribution in [0.5, 0.6) is 0 Å². The highest BCUT2D eigenvalue weighted by molar-refractivity contribution is 6.10. The van der Waals surface area contributed by atoms with Gasteiger partial charge in [0.2, 0.25) is 11.8 Å². The Bertz CT molecular complexity index is 2850. The standard InChI is InChI=1S/C53H48N4O2/c1-49(2)51(5,6)58-47(56-49)44-27-17-25-42(54-44)33-29-30-38-40(31-33)53(34-19-11-9-12-20-34,35-21-13-10-14-22-35)41-32-39(36-23-15-16-24-37(36)46(38)41)43-26-18-28-45(55-43)48-57-50(3,4)52(7,8)59-48/h9-32H,1-8H3. The second-order valence-corrected chi connectivity index (χ2v) is 18.1. The van der Waals surface area contributed by atoms with E-state index in [-0.39, 0.29) is 11.1 Å². The van der Waals surface area contributed by atoms with Crippen LogP contribution in [0.25, 0.3) is 44.4 Å². The van der Waals surface area contributed by atoms with Gasteiger partial charge in [-0.05, 0) is 136 Å². The normalized spacial score (nSPS) is 18.6. The summed E-state index contributed by atoms with van der Waals surface area (Å²) in [6.07, 6.45) is 0. The number of nitrogens with zero attached hydrogens (tertiary/aromatic N) is 4. The van der Waals surface area contributed by atoms with Crippen LogP contribution in [0.3, 0.4) is 0 Å². The van der Waals surface area contributed by atoms with Gasteiger partial charge in [-0.3, -0.25) is 0 Å². The molecular weight excluding hydrogens is 725 g/mol. The Morgan fingerprint density at radius 3 is 1.44 bits per heavy atom. The van der Waals surface area contributed by atoms with Gasteiger partial charge in [-0.15, -0.1) is 0 Å². The van der Waals surface area contributed by atoms with E-state index in [1.807, 2.05) is 12.1 Å². The minimum absolute atomic E-state index is 0.380. The molecule has 0 atom stereocenters. The zero-order chi connectivity index (χ0) is 41.0. The minimum Gasteiger partial charge on any atom is -0.468 e. The topological polar surface area (TPSA) is 69.0 Å². The monoisotopic (exact) mass is 772 g/mol. The van der Waals surface area contributed by atoms with Crippen molar-refractivity contribution < 1.29 is 9.47 Å². The Balaban J connectivity index is 1.22. The van der Waals surface area contributed by atoms with E-state index in [1.54, 1.807) is 0 Å². The Morgan fingerprint density at radius 1 is 0.407 bits per heavy atom. The van der Waals surface area contributed by atoms with E-state index in [1.165, 1.54) is 38.8 Å². The molecule has 0 radical (unpaired) electrons. The number of pyridine rings is 2. The van der Waals surface area contributed by atoms with Crippen LogP contribution >= 0.6 is 0 Å². The number of aromatic nitrogens is 2. The van der Waals surface area contributed by atoms with Gasteiger partial charge in [-0.25, -0.2) is 20.0 Å². The van der Waals surface area contributed by atoms with Crippen LogP contribution in [0.1, 0.15) is 89.0 Å². The molecule has 7 aromatic rings.